The van der Waals surface area contributed by atoms with Crippen molar-refractivity contribution >= 4 is 11.7 Å². The van der Waals surface area contributed by atoms with Crippen molar-refractivity contribution in [3.05, 3.63) is 12.3 Å². The average molecular weight is 210 g/mol. The molecule has 1 rings (SSSR count). The molecule has 0 atom stereocenters. The maximum Gasteiger partial charge on any atom is 0.219 e. The zero-order chi connectivity index (χ0) is 11.3. The second-order valence-electron chi connectivity index (χ2n) is 3.96. The highest BCUT2D eigenvalue weighted by atomic mass is 16.1. The van der Waals surface area contributed by atoms with Crippen molar-refractivity contribution in [3.63, 3.8) is 0 Å². The number of rotatable bonds is 6. The molecule has 0 unspecified atom stereocenters. The van der Waals surface area contributed by atoms with Crippen molar-refractivity contribution in [2.75, 3.05) is 11.9 Å². The van der Waals surface area contributed by atoms with Crippen molar-refractivity contribution < 1.29 is 4.79 Å². The lowest BCUT2D eigenvalue weighted by molar-refractivity contribution is -0.118. The molecule has 0 radical (unpaired) electrons. The van der Waals surface area contributed by atoms with Gasteiger partial charge in [0.25, 0.3) is 0 Å². The Hall–Kier alpha value is -1.52. The lowest BCUT2D eigenvalue weighted by Gasteiger charge is -2.05. The minimum absolute atomic E-state index is 0.304. The molecule has 0 bridgehead atoms. The monoisotopic (exact) mass is 210 g/mol. The molecule has 0 fully saturated rings. The third-order valence-electron chi connectivity index (χ3n) is 1.92. The SMILES string of the molecule is CC(C)CNc1ccn(CCC(N)=O)n1. The zero-order valence-corrected chi connectivity index (χ0v) is 9.23. The molecule has 1 amide bonds. The van der Waals surface area contributed by atoms with Crippen LogP contribution in [0.2, 0.25) is 0 Å². The first-order valence-corrected chi connectivity index (χ1v) is 5.13. The van der Waals surface area contributed by atoms with Crippen LogP contribution in [0, 0.1) is 5.92 Å². The third-order valence-corrected chi connectivity index (χ3v) is 1.92. The topological polar surface area (TPSA) is 72.9 Å². The number of nitrogens with two attached hydrogens (primary N) is 1. The number of carbonyl (C=O) groups excluding carboxylic acids is 1. The first-order chi connectivity index (χ1) is 7.08. The molecule has 1 heterocycles. The summed E-state index contributed by atoms with van der Waals surface area (Å²) in [5, 5.41) is 7.46. The normalized spacial score (nSPS) is 10.6. The predicted molar refractivity (Wildman–Crippen MR) is 59.4 cm³/mol. The lowest BCUT2D eigenvalue weighted by atomic mass is 10.2. The highest BCUT2D eigenvalue weighted by Crippen LogP contribution is 2.04. The molecule has 0 saturated carbocycles. The number of nitrogens with zero attached hydrogens (tertiary/aromatic N) is 2. The Balaban J connectivity index is 2.38. The van der Waals surface area contributed by atoms with Crippen LogP contribution in [0.1, 0.15) is 20.3 Å². The zero-order valence-electron chi connectivity index (χ0n) is 9.23. The van der Waals surface area contributed by atoms with Gasteiger partial charge in [-0.25, -0.2) is 0 Å². The van der Waals surface area contributed by atoms with Gasteiger partial charge in [-0.2, -0.15) is 5.10 Å². The van der Waals surface area contributed by atoms with Gasteiger partial charge in [0.2, 0.25) is 5.91 Å². The van der Waals surface area contributed by atoms with Crippen LogP contribution < -0.4 is 11.1 Å². The Bertz CT molecular complexity index is 319. The molecule has 0 aliphatic heterocycles. The molecule has 1 aromatic rings. The van der Waals surface area contributed by atoms with Crippen LogP contribution in [0.5, 0.6) is 0 Å². The smallest absolute Gasteiger partial charge is 0.219 e. The number of primary amides is 1. The molecule has 3 N–H and O–H groups in total. The van der Waals surface area contributed by atoms with Gasteiger partial charge in [-0.3, -0.25) is 9.48 Å². The number of hydrogen-bond donors (Lipinski definition) is 2. The third kappa shape index (κ3) is 4.49. The van der Waals surface area contributed by atoms with E-state index >= 15 is 0 Å². The van der Waals surface area contributed by atoms with Crippen LogP contribution in [0.15, 0.2) is 12.3 Å². The van der Waals surface area contributed by atoms with E-state index < -0.39 is 0 Å². The van der Waals surface area contributed by atoms with Gasteiger partial charge in [0.1, 0.15) is 5.82 Å². The highest BCUT2D eigenvalue weighted by Gasteiger charge is 2.00. The number of nitrogens with one attached hydrogen (secondary N) is 1. The maximum atomic E-state index is 10.6. The molecule has 0 aliphatic rings. The first-order valence-electron chi connectivity index (χ1n) is 5.13. The van der Waals surface area contributed by atoms with E-state index in [1.54, 1.807) is 4.68 Å². The molecule has 5 nitrogen and oxygen atoms in total. The summed E-state index contributed by atoms with van der Waals surface area (Å²) in [7, 11) is 0. The molecule has 0 saturated heterocycles. The molecule has 0 aliphatic carbocycles. The molecule has 1 aromatic heterocycles. The highest BCUT2D eigenvalue weighted by molar-refractivity contribution is 5.73. The molecular weight excluding hydrogens is 192 g/mol. The second-order valence-corrected chi connectivity index (χ2v) is 3.96. The number of aryl methyl sites for hydroxylation is 1. The van der Waals surface area contributed by atoms with Crippen molar-refractivity contribution in [1.29, 1.82) is 0 Å². The number of anilines is 1. The Morgan fingerprint density at radius 1 is 1.67 bits per heavy atom. The van der Waals surface area contributed by atoms with E-state index in [9.17, 15) is 4.79 Å². The largest absolute Gasteiger partial charge is 0.370 e. The van der Waals surface area contributed by atoms with E-state index in [4.69, 9.17) is 5.73 Å². The molecule has 0 spiro atoms. The van der Waals surface area contributed by atoms with Gasteiger partial charge in [0, 0.05) is 31.8 Å². The average Bonchev–Trinajstić information content (AvgIpc) is 2.59. The predicted octanol–water partition coefficient (Wildman–Crippen LogP) is 0.826. The van der Waals surface area contributed by atoms with E-state index in [0.29, 0.717) is 18.9 Å². The van der Waals surface area contributed by atoms with Crippen molar-refractivity contribution in [2.45, 2.75) is 26.8 Å². The Morgan fingerprint density at radius 2 is 2.40 bits per heavy atom. The van der Waals surface area contributed by atoms with Crippen LogP contribution >= 0.6 is 0 Å². The van der Waals surface area contributed by atoms with Crippen LogP contribution in [0.25, 0.3) is 0 Å². The van der Waals surface area contributed by atoms with Crippen LogP contribution in [0.3, 0.4) is 0 Å². The van der Waals surface area contributed by atoms with Gasteiger partial charge in [0.15, 0.2) is 0 Å². The summed E-state index contributed by atoms with van der Waals surface area (Å²) in [5.41, 5.74) is 5.05. The molecule has 84 valence electrons. The fourth-order valence-electron chi connectivity index (χ4n) is 1.11. The van der Waals surface area contributed by atoms with Gasteiger partial charge in [-0.05, 0) is 5.92 Å². The first kappa shape index (κ1) is 11.6. The van der Waals surface area contributed by atoms with E-state index in [-0.39, 0.29) is 5.91 Å². The summed E-state index contributed by atoms with van der Waals surface area (Å²) in [5.74, 6) is 1.12. The summed E-state index contributed by atoms with van der Waals surface area (Å²) >= 11 is 0. The van der Waals surface area contributed by atoms with Gasteiger partial charge in [-0.1, -0.05) is 13.8 Å². The van der Waals surface area contributed by atoms with Gasteiger partial charge >= 0.3 is 0 Å². The summed E-state index contributed by atoms with van der Waals surface area (Å²) in [6.45, 7) is 5.71. The van der Waals surface area contributed by atoms with E-state index in [1.165, 1.54) is 0 Å². The Kier molecular flexibility index (Phi) is 4.15. The van der Waals surface area contributed by atoms with Crippen LogP contribution in [-0.4, -0.2) is 22.2 Å². The lowest BCUT2D eigenvalue weighted by Crippen LogP contribution is -2.14. The Morgan fingerprint density at radius 3 is 3.00 bits per heavy atom. The molecule has 0 aromatic carbocycles. The summed E-state index contributed by atoms with van der Waals surface area (Å²) in [6.07, 6.45) is 2.16. The van der Waals surface area contributed by atoms with Crippen molar-refractivity contribution in [1.82, 2.24) is 9.78 Å². The van der Waals surface area contributed by atoms with Crippen LogP contribution in [0.4, 0.5) is 5.82 Å². The quantitative estimate of drug-likeness (QED) is 0.730. The molecule has 15 heavy (non-hydrogen) atoms. The number of carbonyl (C=O) groups is 1. The second kappa shape index (κ2) is 5.38. The van der Waals surface area contributed by atoms with Gasteiger partial charge in [-0.15, -0.1) is 0 Å². The minimum atomic E-state index is -0.304. The molecule has 5 heteroatoms. The molecular formula is C10H18N4O. The van der Waals surface area contributed by atoms with Crippen LogP contribution in [-0.2, 0) is 11.3 Å². The van der Waals surface area contributed by atoms with E-state index in [1.807, 2.05) is 12.3 Å². The number of aromatic nitrogens is 2. The van der Waals surface area contributed by atoms with Gasteiger partial charge < -0.3 is 11.1 Å². The maximum absolute atomic E-state index is 10.6. The summed E-state index contributed by atoms with van der Waals surface area (Å²) in [4.78, 5) is 10.6. The minimum Gasteiger partial charge on any atom is -0.370 e. The summed E-state index contributed by atoms with van der Waals surface area (Å²) in [6, 6.07) is 1.89. The van der Waals surface area contributed by atoms with Crippen molar-refractivity contribution in [3.8, 4) is 0 Å². The fourth-order valence-corrected chi connectivity index (χ4v) is 1.11. The van der Waals surface area contributed by atoms with E-state index in [0.717, 1.165) is 12.4 Å². The van der Waals surface area contributed by atoms with Gasteiger partial charge in [0.05, 0.1) is 0 Å². The summed E-state index contributed by atoms with van der Waals surface area (Å²) < 4.78 is 1.72. The van der Waals surface area contributed by atoms with E-state index in [2.05, 4.69) is 24.3 Å². The fraction of sp³-hybridized carbons (Fsp3) is 0.600. The number of hydrogen-bond acceptors (Lipinski definition) is 3. The van der Waals surface area contributed by atoms with Crippen molar-refractivity contribution in [2.24, 2.45) is 11.7 Å². The Labute approximate surface area is 89.6 Å². The standard InChI is InChI=1S/C10H18N4O/c1-8(2)7-12-10-4-6-14(13-10)5-3-9(11)15/h4,6,8H,3,5,7H2,1-2H3,(H2,11,15)(H,12,13). The number of amides is 1.